The number of hydrogen-bond donors (Lipinski definition) is 1. The molecule has 1 aromatic carbocycles. The Bertz CT molecular complexity index is 428. The molecule has 2 N–H and O–H groups in total. The second-order valence-electron chi connectivity index (χ2n) is 6.18. The second-order valence-corrected chi connectivity index (χ2v) is 7.41. The zero-order valence-electron chi connectivity index (χ0n) is 12.5. The fourth-order valence-electron chi connectivity index (χ4n) is 3.37. The Balaban J connectivity index is 1.53. The van der Waals surface area contributed by atoms with Crippen LogP contribution in [0.1, 0.15) is 25.7 Å². The first-order valence-electron chi connectivity index (χ1n) is 7.93. The first-order valence-corrected chi connectivity index (χ1v) is 9.08. The van der Waals surface area contributed by atoms with Gasteiger partial charge in [-0.15, -0.1) is 0 Å². The van der Waals surface area contributed by atoms with Crippen LogP contribution in [0, 0.1) is 5.92 Å². The zero-order valence-corrected chi connectivity index (χ0v) is 13.3. The number of para-hydroxylation sites is 1. The van der Waals surface area contributed by atoms with Crippen LogP contribution in [-0.4, -0.2) is 36.4 Å². The summed E-state index contributed by atoms with van der Waals surface area (Å²) >= 11 is 2.04. The molecule has 2 saturated heterocycles. The molecule has 2 unspecified atom stereocenters. The summed E-state index contributed by atoms with van der Waals surface area (Å²) in [7, 11) is 0. The summed E-state index contributed by atoms with van der Waals surface area (Å²) < 4.78 is 12.0. The molecule has 0 saturated carbocycles. The van der Waals surface area contributed by atoms with E-state index in [1.54, 1.807) is 0 Å². The summed E-state index contributed by atoms with van der Waals surface area (Å²) in [6.07, 6.45) is 4.53. The third-order valence-corrected chi connectivity index (χ3v) is 5.71. The lowest BCUT2D eigenvalue weighted by Gasteiger charge is -2.44. The van der Waals surface area contributed by atoms with Gasteiger partial charge in [-0.2, -0.15) is 11.8 Å². The fourth-order valence-corrected chi connectivity index (χ4v) is 4.61. The molecule has 1 aromatic rings. The van der Waals surface area contributed by atoms with E-state index in [1.807, 2.05) is 42.1 Å². The molecular formula is C17H25NO2S. The van der Waals surface area contributed by atoms with E-state index in [2.05, 4.69) is 0 Å². The predicted octanol–water partition coefficient (Wildman–Crippen LogP) is 3.09. The fraction of sp³-hybridized carbons (Fsp3) is 0.647. The molecule has 21 heavy (non-hydrogen) atoms. The Hall–Kier alpha value is -0.710. The van der Waals surface area contributed by atoms with Crippen LogP contribution in [0.5, 0.6) is 5.75 Å². The molecular weight excluding hydrogens is 282 g/mol. The highest BCUT2D eigenvalue weighted by molar-refractivity contribution is 7.99. The number of thioether (sulfide) groups is 1. The average Bonchev–Trinajstić information content (AvgIpc) is 2.54. The van der Waals surface area contributed by atoms with Gasteiger partial charge in [0.05, 0.1) is 5.60 Å². The van der Waals surface area contributed by atoms with E-state index in [1.165, 1.54) is 24.3 Å². The largest absolute Gasteiger partial charge is 0.492 e. The summed E-state index contributed by atoms with van der Waals surface area (Å²) in [6.45, 7) is 1.45. The Morgan fingerprint density at radius 1 is 1.29 bits per heavy atom. The van der Waals surface area contributed by atoms with Crippen molar-refractivity contribution < 1.29 is 9.47 Å². The molecule has 4 heteroatoms. The van der Waals surface area contributed by atoms with Gasteiger partial charge in [0.2, 0.25) is 0 Å². The summed E-state index contributed by atoms with van der Waals surface area (Å²) in [6, 6.07) is 10.0. The molecule has 2 atom stereocenters. The van der Waals surface area contributed by atoms with Crippen LogP contribution < -0.4 is 10.5 Å². The van der Waals surface area contributed by atoms with Crippen LogP contribution in [0.25, 0.3) is 0 Å². The van der Waals surface area contributed by atoms with E-state index in [4.69, 9.17) is 15.2 Å². The highest BCUT2D eigenvalue weighted by Crippen LogP contribution is 2.40. The van der Waals surface area contributed by atoms with Crippen LogP contribution in [-0.2, 0) is 4.74 Å². The summed E-state index contributed by atoms with van der Waals surface area (Å²) in [5.74, 6) is 3.87. The lowest BCUT2D eigenvalue weighted by atomic mass is 9.79. The van der Waals surface area contributed by atoms with Crippen molar-refractivity contribution in [3.05, 3.63) is 30.3 Å². The lowest BCUT2D eigenvalue weighted by molar-refractivity contribution is -0.107. The van der Waals surface area contributed by atoms with Crippen molar-refractivity contribution >= 4 is 11.8 Å². The van der Waals surface area contributed by atoms with Gasteiger partial charge in [0.25, 0.3) is 0 Å². The van der Waals surface area contributed by atoms with Crippen LogP contribution in [0.3, 0.4) is 0 Å². The third-order valence-electron chi connectivity index (χ3n) is 4.73. The SMILES string of the molecule is NC(COc1ccccc1)C1CCOC2(CCSCC2)C1. The molecule has 1 spiro atoms. The van der Waals surface area contributed by atoms with E-state index in [-0.39, 0.29) is 11.6 Å². The molecule has 3 rings (SSSR count). The third kappa shape index (κ3) is 3.93. The molecule has 0 radical (unpaired) electrons. The highest BCUT2D eigenvalue weighted by Gasteiger charge is 2.40. The van der Waals surface area contributed by atoms with Gasteiger partial charge in [-0.05, 0) is 55.2 Å². The minimum atomic E-state index is 0.0977. The number of benzene rings is 1. The summed E-state index contributed by atoms with van der Waals surface area (Å²) in [5, 5.41) is 0. The summed E-state index contributed by atoms with van der Waals surface area (Å²) in [4.78, 5) is 0. The standard InChI is InChI=1S/C17H25NO2S/c18-16(13-19-15-4-2-1-3-5-15)14-6-9-20-17(12-14)7-10-21-11-8-17/h1-5,14,16H,6-13,18H2. The maximum Gasteiger partial charge on any atom is 0.119 e. The molecule has 3 nitrogen and oxygen atoms in total. The molecule has 0 aliphatic carbocycles. The number of ether oxygens (including phenoxy) is 2. The van der Waals surface area contributed by atoms with Gasteiger partial charge in [0, 0.05) is 12.6 Å². The molecule has 2 fully saturated rings. The molecule has 2 aliphatic rings. The van der Waals surface area contributed by atoms with E-state index < -0.39 is 0 Å². The monoisotopic (exact) mass is 307 g/mol. The maximum atomic E-state index is 6.40. The molecule has 0 amide bonds. The molecule has 2 heterocycles. The van der Waals surface area contributed by atoms with Gasteiger partial charge in [-0.3, -0.25) is 0 Å². The van der Waals surface area contributed by atoms with Gasteiger partial charge in [0.1, 0.15) is 12.4 Å². The molecule has 0 aromatic heterocycles. The topological polar surface area (TPSA) is 44.5 Å². The van der Waals surface area contributed by atoms with Crippen LogP contribution in [0.2, 0.25) is 0 Å². The first kappa shape index (κ1) is 15.2. The quantitative estimate of drug-likeness (QED) is 0.928. The first-order chi connectivity index (χ1) is 10.3. The smallest absolute Gasteiger partial charge is 0.119 e. The number of rotatable bonds is 4. The van der Waals surface area contributed by atoms with E-state index >= 15 is 0 Å². The number of nitrogens with two attached hydrogens (primary N) is 1. The maximum absolute atomic E-state index is 6.40. The van der Waals surface area contributed by atoms with E-state index in [0.717, 1.165) is 25.2 Å². The number of hydrogen-bond acceptors (Lipinski definition) is 4. The average molecular weight is 307 g/mol. The van der Waals surface area contributed by atoms with E-state index in [0.29, 0.717) is 12.5 Å². The summed E-state index contributed by atoms with van der Waals surface area (Å²) in [5.41, 5.74) is 6.51. The van der Waals surface area contributed by atoms with Gasteiger partial charge in [0.15, 0.2) is 0 Å². The van der Waals surface area contributed by atoms with Crippen molar-refractivity contribution in [2.24, 2.45) is 11.7 Å². The molecule has 0 bridgehead atoms. The van der Waals surface area contributed by atoms with Crippen LogP contribution in [0.15, 0.2) is 30.3 Å². The Kier molecular flexibility index (Phi) is 5.09. The normalized spacial score (nSPS) is 26.4. The van der Waals surface area contributed by atoms with Crippen molar-refractivity contribution in [2.75, 3.05) is 24.7 Å². The van der Waals surface area contributed by atoms with Gasteiger partial charge in [-0.25, -0.2) is 0 Å². The van der Waals surface area contributed by atoms with Crippen LogP contribution in [0.4, 0.5) is 0 Å². The van der Waals surface area contributed by atoms with Gasteiger partial charge in [-0.1, -0.05) is 18.2 Å². The van der Waals surface area contributed by atoms with E-state index in [9.17, 15) is 0 Å². The minimum absolute atomic E-state index is 0.0977. The molecule has 116 valence electrons. The Morgan fingerprint density at radius 3 is 2.81 bits per heavy atom. The van der Waals surface area contributed by atoms with Crippen molar-refractivity contribution in [3.63, 3.8) is 0 Å². The predicted molar refractivity (Wildman–Crippen MR) is 87.9 cm³/mol. The van der Waals surface area contributed by atoms with Crippen LogP contribution >= 0.6 is 11.8 Å². The zero-order chi connectivity index (χ0) is 14.5. The van der Waals surface area contributed by atoms with Crippen molar-refractivity contribution in [1.82, 2.24) is 0 Å². The Labute approximate surface area is 131 Å². The van der Waals surface area contributed by atoms with Crippen molar-refractivity contribution in [3.8, 4) is 5.75 Å². The van der Waals surface area contributed by atoms with Gasteiger partial charge >= 0.3 is 0 Å². The second kappa shape index (κ2) is 7.03. The lowest BCUT2D eigenvalue weighted by Crippen LogP contribution is -2.48. The molecule has 2 aliphatic heterocycles. The van der Waals surface area contributed by atoms with Crippen molar-refractivity contribution in [2.45, 2.75) is 37.3 Å². The highest BCUT2D eigenvalue weighted by atomic mass is 32.2. The minimum Gasteiger partial charge on any atom is -0.492 e. The Morgan fingerprint density at radius 2 is 2.05 bits per heavy atom. The van der Waals surface area contributed by atoms with Crippen molar-refractivity contribution in [1.29, 1.82) is 0 Å². The van der Waals surface area contributed by atoms with Gasteiger partial charge < -0.3 is 15.2 Å².